The molecule has 0 aliphatic carbocycles. The molecule has 0 radical (unpaired) electrons. The summed E-state index contributed by atoms with van der Waals surface area (Å²) in [6.07, 6.45) is 14.8. The zero-order valence-corrected chi connectivity index (χ0v) is 37.0. The molecule has 318 valence electrons. The number of aliphatic carboxylic acids is 2. The molecule has 1 amide bonds. The number of nitrogens with zero attached hydrogens (tertiary/aromatic N) is 4. The SMILES string of the molecule is CC1(C)C(/C=C/C=C/C=C2/N(CCC(=O)NCCCCCCNc3ccc4nc(C5=N[C@@H](C(=O)O)CS5)sc4c3)c3ccccc3C2(C)C)=[N+](CCC(=O)O)c2ccccc21. The van der Waals surface area contributed by atoms with Gasteiger partial charge in [0, 0.05) is 72.0 Å². The van der Waals surface area contributed by atoms with Crippen LogP contribution in [0.2, 0.25) is 0 Å². The summed E-state index contributed by atoms with van der Waals surface area (Å²) in [5.74, 6) is -1.22. The van der Waals surface area contributed by atoms with Gasteiger partial charge in [-0.2, -0.15) is 4.58 Å². The number of hydrogen-bond donors (Lipinski definition) is 4. The van der Waals surface area contributed by atoms with Crippen molar-refractivity contribution in [2.75, 3.05) is 42.1 Å². The second-order valence-corrected chi connectivity index (χ2v) is 18.7. The fourth-order valence-corrected chi connectivity index (χ4v) is 10.5. The molecule has 61 heavy (non-hydrogen) atoms. The minimum absolute atomic E-state index is 0.0493. The topological polar surface area (TPSA) is 147 Å². The molecule has 0 bridgehead atoms. The highest BCUT2D eigenvalue weighted by Gasteiger charge is 2.44. The smallest absolute Gasteiger partial charge is 0.329 e. The Bertz CT molecular complexity index is 2460. The maximum Gasteiger partial charge on any atom is 0.329 e. The highest BCUT2D eigenvalue weighted by molar-refractivity contribution is 8.15. The van der Waals surface area contributed by atoms with Crippen LogP contribution in [0.15, 0.2) is 108 Å². The molecule has 0 saturated heterocycles. The van der Waals surface area contributed by atoms with E-state index in [9.17, 15) is 24.6 Å². The summed E-state index contributed by atoms with van der Waals surface area (Å²) >= 11 is 2.99. The maximum absolute atomic E-state index is 13.1. The van der Waals surface area contributed by atoms with Crippen LogP contribution < -0.4 is 15.5 Å². The number of aromatic nitrogens is 1. The standard InChI is InChI=1S/C48H54N6O5S2/c1-47(2)33-16-10-12-18-37(33)53(40(47)20-8-7-9-21-41-48(3,4)34-17-11-13-19-38(34)54(41)29-25-43(56)57)28-24-42(55)50-27-15-6-5-14-26-49-32-22-23-35-39(30-32)61-45(51-35)44-52-36(31-60-44)46(58)59/h7-13,16-23,30,36H,5-6,14-15,24-29,31H2,1-4H3,(H3-,49,50,52,55,56,57,58,59)/p+1/t36-/m1/s1. The molecule has 0 saturated carbocycles. The van der Waals surface area contributed by atoms with E-state index in [1.54, 1.807) is 0 Å². The molecule has 3 aromatic carbocycles. The van der Waals surface area contributed by atoms with Gasteiger partial charge in [0.25, 0.3) is 0 Å². The predicted molar refractivity (Wildman–Crippen MR) is 249 cm³/mol. The van der Waals surface area contributed by atoms with E-state index in [1.165, 1.54) is 34.2 Å². The number of benzene rings is 3. The quantitative estimate of drug-likeness (QED) is 0.0412. The molecule has 0 fully saturated rings. The summed E-state index contributed by atoms with van der Waals surface area (Å²) in [6, 6.07) is 22.1. The zero-order chi connectivity index (χ0) is 43.1. The zero-order valence-electron chi connectivity index (χ0n) is 35.3. The van der Waals surface area contributed by atoms with E-state index in [0.717, 1.165) is 75.9 Å². The summed E-state index contributed by atoms with van der Waals surface area (Å²) in [5.41, 5.74) is 8.22. The number of carboxylic acids is 2. The lowest BCUT2D eigenvalue weighted by Gasteiger charge is -2.27. The molecule has 3 aliphatic rings. The van der Waals surface area contributed by atoms with Crippen LogP contribution >= 0.6 is 23.1 Å². The summed E-state index contributed by atoms with van der Waals surface area (Å²) in [4.78, 5) is 47.1. The molecule has 4 aromatic rings. The van der Waals surface area contributed by atoms with E-state index in [4.69, 9.17) is 0 Å². The van der Waals surface area contributed by atoms with Crippen molar-refractivity contribution in [1.29, 1.82) is 0 Å². The Morgan fingerprint density at radius 3 is 2.41 bits per heavy atom. The first kappa shape index (κ1) is 43.6. The van der Waals surface area contributed by atoms with Gasteiger partial charge in [-0.15, -0.1) is 23.1 Å². The number of thiazole rings is 1. The third-order valence-corrected chi connectivity index (χ3v) is 13.9. The first-order valence-corrected chi connectivity index (χ1v) is 22.9. The fourth-order valence-electron chi connectivity index (χ4n) is 8.44. The minimum Gasteiger partial charge on any atom is -0.481 e. The Morgan fingerprint density at radius 1 is 0.885 bits per heavy atom. The number of thioether (sulfide) groups is 1. The summed E-state index contributed by atoms with van der Waals surface area (Å²) < 4.78 is 3.18. The van der Waals surface area contributed by atoms with Gasteiger partial charge in [0.05, 0.1) is 15.6 Å². The van der Waals surface area contributed by atoms with Crippen molar-refractivity contribution in [2.24, 2.45) is 4.99 Å². The fraction of sp³-hybridized carbons (Fsp3) is 0.375. The third kappa shape index (κ3) is 9.84. The van der Waals surface area contributed by atoms with E-state index in [1.807, 2.05) is 36.4 Å². The van der Waals surface area contributed by atoms with E-state index < -0.39 is 18.0 Å². The molecule has 11 nitrogen and oxygen atoms in total. The maximum atomic E-state index is 13.1. The van der Waals surface area contributed by atoms with E-state index >= 15 is 0 Å². The number of para-hydroxylation sites is 2. The number of rotatable bonds is 19. The van der Waals surface area contributed by atoms with Gasteiger partial charge < -0.3 is 25.7 Å². The molecule has 4 N–H and O–H groups in total. The van der Waals surface area contributed by atoms with E-state index in [-0.39, 0.29) is 23.2 Å². The third-order valence-electron chi connectivity index (χ3n) is 11.7. The van der Waals surface area contributed by atoms with Gasteiger partial charge in [-0.25, -0.2) is 9.78 Å². The highest BCUT2D eigenvalue weighted by atomic mass is 32.2. The largest absolute Gasteiger partial charge is 0.481 e. The van der Waals surface area contributed by atoms with Crippen molar-refractivity contribution in [1.82, 2.24) is 10.3 Å². The van der Waals surface area contributed by atoms with Gasteiger partial charge in [0.1, 0.15) is 16.5 Å². The number of carbonyl (C=O) groups excluding carboxylic acids is 1. The Labute approximate surface area is 366 Å². The molecule has 4 heterocycles. The van der Waals surface area contributed by atoms with Crippen LogP contribution in [0, 0.1) is 0 Å². The number of anilines is 2. The van der Waals surface area contributed by atoms with Gasteiger partial charge in [-0.1, -0.05) is 81.3 Å². The molecule has 0 unspecified atom stereocenters. The first-order valence-electron chi connectivity index (χ1n) is 21.1. The van der Waals surface area contributed by atoms with Crippen molar-refractivity contribution < 1.29 is 29.2 Å². The van der Waals surface area contributed by atoms with Crippen LogP contribution in [0.25, 0.3) is 10.2 Å². The van der Waals surface area contributed by atoms with Crippen LogP contribution in [0.1, 0.15) is 82.4 Å². The lowest BCUT2D eigenvalue weighted by molar-refractivity contribution is -0.436. The predicted octanol–water partition coefficient (Wildman–Crippen LogP) is 9.07. The molecule has 1 atom stereocenters. The molecule has 0 spiro atoms. The number of allylic oxidation sites excluding steroid dienone is 6. The average Bonchev–Trinajstić information content (AvgIpc) is 3.99. The Balaban J connectivity index is 0.873. The number of amides is 1. The number of unbranched alkanes of at least 4 members (excludes halogenated alkanes) is 3. The van der Waals surface area contributed by atoms with Gasteiger partial charge >= 0.3 is 11.9 Å². The number of carbonyl (C=O) groups is 3. The van der Waals surface area contributed by atoms with E-state index in [0.29, 0.717) is 36.9 Å². The van der Waals surface area contributed by atoms with Crippen LogP contribution in [-0.4, -0.2) is 86.3 Å². The van der Waals surface area contributed by atoms with Gasteiger partial charge in [0.15, 0.2) is 18.3 Å². The highest BCUT2D eigenvalue weighted by Crippen LogP contribution is 2.47. The van der Waals surface area contributed by atoms with Gasteiger partial charge in [-0.3, -0.25) is 14.6 Å². The van der Waals surface area contributed by atoms with Gasteiger partial charge in [0.2, 0.25) is 11.6 Å². The summed E-state index contributed by atoms with van der Waals surface area (Å²) in [7, 11) is 0. The molecular formula is C48H55N6O5S2+. The number of carboxylic acid groups (broad SMARTS) is 2. The van der Waals surface area contributed by atoms with Crippen LogP contribution in [0.5, 0.6) is 0 Å². The minimum atomic E-state index is -0.899. The van der Waals surface area contributed by atoms with Crippen LogP contribution in [0.4, 0.5) is 17.1 Å². The van der Waals surface area contributed by atoms with Crippen molar-refractivity contribution in [3.63, 3.8) is 0 Å². The Morgan fingerprint density at radius 2 is 1.64 bits per heavy atom. The number of nitrogens with one attached hydrogen (secondary N) is 2. The lowest BCUT2D eigenvalue weighted by atomic mass is 9.81. The van der Waals surface area contributed by atoms with Crippen LogP contribution in [0.3, 0.4) is 0 Å². The van der Waals surface area contributed by atoms with Crippen molar-refractivity contribution in [3.05, 3.63) is 119 Å². The monoisotopic (exact) mass is 859 g/mol. The Hall–Kier alpha value is -5.53. The van der Waals surface area contributed by atoms with Crippen molar-refractivity contribution in [2.45, 2.75) is 83.1 Å². The Kier molecular flexibility index (Phi) is 13.6. The molecule has 3 aliphatic heterocycles. The number of hydrogen-bond acceptors (Lipinski definition) is 9. The lowest BCUT2D eigenvalue weighted by Crippen LogP contribution is -2.32. The summed E-state index contributed by atoms with van der Waals surface area (Å²) in [5, 5.41) is 26.8. The van der Waals surface area contributed by atoms with Crippen LogP contribution in [-0.2, 0) is 25.2 Å². The first-order chi connectivity index (χ1) is 29.3. The second kappa shape index (κ2) is 19.0. The van der Waals surface area contributed by atoms with Crippen molar-refractivity contribution >= 4 is 79.0 Å². The molecule has 7 rings (SSSR count). The normalized spacial score (nSPS) is 18.4. The average molecular weight is 860 g/mol. The van der Waals surface area contributed by atoms with Gasteiger partial charge in [-0.05, 0) is 62.6 Å². The van der Waals surface area contributed by atoms with E-state index in [2.05, 4.69) is 118 Å². The number of aliphatic imine (C=N–C) groups is 1. The molecular weight excluding hydrogens is 805 g/mol. The molecule has 13 heteroatoms. The number of fused-ring (bicyclic) bond motifs is 3. The van der Waals surface area contributed by atoms with Crippen molar-refractivity contribution in [3.8, 4) is 0 Å². The molecule has 1 aromatic heterocycles. The summed E-state index contributed by atoms with van der Waals surface area (Å²) in [6.45, 7) is 11.3. The second-order valence-electron chi connectivity index (χ2n) is 16.7.